The summed E-state index contributed by atoms with van der Waals surface area (Å²) in [6.45, 7) is 6.23. The second kappa shape index (κ2) is 6.65. The van der Waals surface area contributed by atoms with Crippen LogP contribution in [-0.2, 0) is 10.0 Å². The van der Waals surface area contributed by atoms with E-state index >= 15 is 0 Å². The van der Waals surface area contributed by atoms with Gasteiger partial charge < -0.3 is 5.11 Å². The van der Waals surface area contributed by atoms with Gasteiger partial charge in [-0.2, -0.15) is 0 Å². The van der Waals surface area contributed by atoms with Crippen molar-refractivity contribution >= 4 is 21.4 Å². The van der Waals surface area contributed by atoms with E-state index in [1.165, 1.54) is 11.3 Å². The Labute approximate surface area is 113 Å². The summed E-state index contributed by atoms with van der Waals surface area (Å²) in [6, 6.07) is 1.71. The standard InChI is InChI=1S/C12H21NO3S2/c1-9(8-14)5-4-6-13-18(15,16)12-7-10(2)17-11(12)3/h7,9,13-14H,4-6,8H2,1-3H3. The molecule has 0 saturated heterocycles. The molecule has 104 valence electrons. The summed E-state index contributed by atoms with van der Waals surface area (Å²) in [7, 11) is -3.38. The molecule has 0 aliphatic heterocycles. The van der Waals surface area contributed by atoms with E-state index in [1.807, 2.05) is 20.8 Å². The maximum Gasteiger partial charge on any atom is 0.241 e. The van der Waals surface area contributed by atoms with Crippen molar-refractivity contribution < 1.29 is 13.5 Å². The van der Waals surface area contributed by atoms with Gasteiger partial charge in [0.25, 0.3) is 0 Å². The molecule has 0 aliphatic carbocycles. The topological polar surface area (TPSA) is 66.4 Å². The molecule has 0 radical (unpaired) electrons. The molecule has 6 heteroatoms. The zero-order valence-corrected chi connectivity index (χ0v) is 12.7. The minimum absolute atomic E-state index is 0.148. The van der Waals surface area contributed by atoms with Gasteiger partial charge >= 0.3 is 0 Å². The Hall–Kier alpha value is -0.430. The summed E-state index contributed by atoms with van der Waals surface area (Å²) in [4.78, 5) is 2.21. The van der Waals surface area contributed by atoms with E-state index in [1.54, 1.807) is 6.07 Å². The number of rotatable bonds is 7. The average Bonchev–Trinajstić information content (AvgIpc) is 2.64. The fraction of sp³-hybridized carbons (Fsp3) is 0.667. The Balaban J connectivity index is 2.53. The minimum atomic E-state index is -3.38. The van der Waals surface area contributed by atoms with Crippen molar-refractivity contribution in [3.63, 3.8) is 0 Å². The van der Waals surface area contributed by atoms with E-state index in [0.29, 0.717) is 11.4 Å². The van der Waals surface area contributed by atoms with Crippen LogP contribution in [0.25, 0.3) is 0 Å². The van der Waals surface area contributed by atoms with E-state index in [4.69, 9.17) is 5.11 Å². The molecule has 0 bridgehead atoms. The molecule has 4 nitrogen and oxygen atoms in total. The summed E-state index contributed by atoms with van der Waals surface area (Å²) in [5, 5.41) is 8.87. The molecule has 18 heavy (non-hydrogen) atoms. The van der Waals surface area contributed by atoms with E-state index in [9.17, 15) is 8.42 Å². The van der Waals surface area contributed by atoms with Crippen LogP contribution >= 0.6 is 11.3 Å². The maximum atomic E-state index is 12.0. The highest BCUT2D eigenvalue weighted by molar-refractivity contribution is 7.89. The van der Waals surface area contributed by atoms with Crippen LogP contribution in [-0.4, -0.2) is 26.7 Å². The number of nitrogens with one attached hydrogen (secondary N) is 1. The molecule has 2 N–H and O–H groups in total. The van der Waals surface area contributed by atoms with Crippen molar-refractivity contribution in [3.05, 3.63) is 15.8 Å². The lowest BCUT2D eigenvalue weighted by Crippen LogP contribution is -2.25. The van der Waals surface area contributed by atoms with Gasteiger partial charge in [-0.25, -0.2) is 13.1 Å². The summed E-state index contributed by atoms with van der Waals surface area (Å²) >= 11 is 1.49. The quantitative estimate of drug-likeness (QED) is 0.756. The third-order valence-electron chi connectivity index (χ3n) is 2.76. The molecule has 0 aromatic carbocycles. The zero-order chi connectivity index (χ0) is 13.8. The second-order valence-corrected chi connectivity index (χ2v) is 7.80. The number of hydrogen-bond acceptors (Lipinski definition) is 4. The summed E-state index contributed by atoms with van der Waals surface area (Å²) in [5.41, 5.74) is 0. The van der Waals surface area contributed by atoms with Crippen LogP contribution in [0.4, 0.5) is 0 Å². The third kappa shape index (κ3) is 4.35. The molecular weight excluding hydrogens is 270 g/mol. The number of thiophene rings is 1. The molecule has 1 heterocycles. The van der Waals surface area contributed by atoms with Crippen LogP contribution in [0.1, 0.15) is 29.5 Å². The first-order valence-corrected chi connectivity index (χ1v) is 8.34. The lowest BCUT2D eigenvalue weighted by Gasteiger charge is -2.08. The molecule has 0 saturated carbocycles. The van der Waals surface area contributed by atoms with Gasteiger partial charge in [0, 0.05) is 22.9 Å². The number of aryl methyl sites for hydroxylation is 2. The fourth-order valence-electron chi connectivity index (χ4n) is 1.70. The Kier molecular flexibility index (Phi) is 5.78. The Morgan fingerprint density at radius 3 is 2.61 bits per heavy atom. The summed E-state index contributed by atoms with van der Waals surface area (Å²) in [6.07, 6.45) is 1.56. The molecule has 0 aliphatic rings. The monoisotopic (exact) mass is 291 g/mol. The summed E-state index contributed by atoms with van der Waals surface area (Å²) < 4.78 is 26.7. The van der Waals surface area contributed by atoms with Crippen molar-refractivity contribution in [1.82, 2.24) is 4.72 Å². The predicted molar refractivity (Wildman–Crippen MR) is 74.5 cm³/mol. The molecule has 1 aromatic rings. The van der Waals surface area contributed by atoms with Gasteiger partial charge in [0.1, 0.15) is 0 Å². The normalized spacial score (nSPS) is 13.8. The lowest BCUT2D eigenvalue weighted by atomic mass is 10.1. The first kappa shape index (κ1) is 15.6. The van der Waals surface area contributed by atoms with Crippen LogP contribution in [0, 0.1) is 19.8 Å². The van der Waals surface area contributed by atoms with Crippen molar-refractivity contribution in [2.45, 2.75) is 38.5 Å². The molecule has 1 aromatic heterocycles. The zero-order valence-electron chi connectivity index (χ0n) is 11.1. The van der Waals surface area contributed by atoms with Crippen LogP contribution in [0.2, 0.25) is 0 Å². The van der Waals surface area contributed by atoms with E-state index < -0.39 is 10.0 Å². The maximum absolute atomic E-state index is 12.0. The largest absolute Gasteiger partial charge is 0.396 e. The third-order valence-corrected chi connectivity index (χ3v) is 5.44. The number of aliphatic hydroxyl groups excluding tert-OH is 1. The van der Waals surface area contributed by atoms with Gasteiger partial charge in [0.05, 0.1) is 4.90 Å². The molecule has 0 fully saturated rings. The molecule has 1 rings (SSSR count). The first-order valence-electron chi connectivity index (χ1n) is 6.04. The molecule has 0 spiro atoms. The van der Waals surface area contributed by atoms with Crippen molar-refractivity contribution in [3.8, 4) is 0 Å². The molecule has 0 amide bonds. The van der Waals surface area contributed by atoms with E-state index in [-0.39, 0.29) is 12.5 Å². The van der Waals surface area contributed by atoms with Crippen LogP contribution in [0.15, 0.2) is 11.0 Å². The van der Waals surface area contributed by atoms with Crippen molar-refractivity contribution in [2.75, 3.05) is 13.2 Å². The summed E-state index contributed by atoms with van der Waals surface area (Å²) in [5.74, 6) is 0.222. The number of aliphatic hydroxyl groups is 1. The van der Waals surface area contributed by atoms with Gasteiger partial charge in [0.2, 0.25) is 10.0 Å². The van der Waals surface area contributed by atoms with Gasteiger partial charge in [-0.1, -0.05) is 6.92 Å². The molecule has 1 unspecified atom stereocenters. The van der Waals surface area contributed by atoms with Gasteiger partial charge in [0.15, 0.2) is 0 Å². The van der Waals surface area contributed by atoms with Gasteiger partial charge in [-0.05, 0) is 38.7 Å². The van der Waals surface area contributed by atoms with Crippen LogP contribution in [0.3, 0.4) is 0 Å². The fourth-order valence-corrected chi connectivity index (χ4v) is 4.33. The van der Waals surface area contributed by atoms with Crippen LogP contribution < -0.4 is 4.72 Å². The molecule has 1 atom stereocenters. The highest BCUT2D eigenvalue weighted by Gasteiger charge is 2.18. The molecular formula is C12H21NO3S2. The predicted octanol–water partition coefficient (Wildman–Crippen LogP) is 2.05. The van der Waals surface area contributed by atoms with Crippen molar-refractivity contribution in [2.24, 2.45) is 5.92 Å². The lowest BCUT2D eigenvalue weighted by molar-refractivity contribution is 0.228. The number of hydrogen-bond donors (Lipinski definition) is 2. The van der Waals surface area contributed by atoms with Gasteiger partial charge in [-0.15, -0.1) is 11.3 Å². The van der Waals surface area contributed by atoms with Crippen molar-refractivity contribution in [1.29, 1.82) is 0 Å². The Bertz CT molecular complexity index is 480. The SMILES string of the molecule is Cc1cc(S(=O)(=O)NCCCC(C)CO)c(C)s1. The minimum Gasteiger partial charge on any atom is -0.396 e. The Morgan fingerprint density at radius 1 is 1.44 bits per heavy atom. The van der Waals surface area contributed by atoms with E-state index in [0.717, 1.165) is 22.6 Å². The Morgan fingerprint density at radius 2 is 2.11 bits per heavy atom. The number of sulfonamides is 1. The van der Waals surface area contributed by atoms with Crippen LogP contribution in [0.5, 0.6) is 0 Å². The smallest absolute Gasteiger partial charge is 0.241 e. The highest BCUT2D eigenvalue weighted by Crippen LogP contribution is 2.24. The van der Waals surface area contributed by atoms with E-state index in [2.05, 4.69) is 4.72 Å². The first-order chi connectivity index (χ1) is 8.36. The highest BCUT2D eigenvalue weighted by atomic mass is 32.2. The average molecular weight is 291 g/mol. The second-order valence-electron chi connectivity index (χ2n) is 4.61. The van der Waals surface area contributed by atoms with Gasteiger partial charge in [-0.3, -0.25) is 0 Å².